The number of likely N-dealkylation sites (tertiary alicyclic amines) is 1. The van der Waals surface area contributed by atoms with Crippen molar-refractivity contribution in [3.05, 3.63) is 71.4 Å². The molecule has 146 valence electrons. The molecule has 0 unspecified atom stereocenters. The molecule has 3 aromatic rings. The second kappa shape index (κ2) is 8.67. The highest BCUT2D eigenvalue weighted by Gasteiger charge is 2.22. The third kappa shape index (κ3) is 4.66. The Hall–Kier alpha value is -2.50. The largest absolute Gasteiger partial charge is 0.441 e. The van der Waals surface area contributed by atoms with Crippen molar-refractivity contribution in [2.75, 3.05) is 13.1 Å². The molecule has 0 spiro atoms. The highest BCUT2D eigenvalue weighted by atomic mass is 16.5. The standard InChI is InChI=1S/C23H27N3O2/c1-17-5-3-7-20(13-17)23-25-22(18(2)28-23)15-26-11-8-21(9-12-26)27-16-19-6-4-10-24-14-19/h3-7,10,13-14,21H,8-9,11-12,15-16H2,1-2H3. The van der Waals surface area contributed by atoms with Gasteiger partial charge in [-0.25, -0.2) is 4.98 Å². The molecule has 5 nitrogen and oxygen atoms in total. The lowest BCUT2D eigenvalue weighted by molar-refractivity contribution is -0.00427. The molecule has 1 fully saturated rings. The van der Waals surface area contributed by atoms with Crippen LogP contribution in [0.15, 0.2) is 53.2 Å². The number of oxazole rings is 1. The van der Waals surface area contributed by atoms with Gasteiger partial charge in [0.05, 0.1) is 18.4 Å². The third-order valence-electron chi connectivity index (χ3n) is 5.27. The van der Waals surface area contributed by atoms with Gasteiger partial charge in [-0.3, -0.25) is 9.88 Å². The van der Waals surface area contributed by atoms with Gasteiger partial charge >= 0.3 is 0 Å². The number of ether oxygens (including phenoxy) is 1. The predicted molar refractivity (Wildman–Crippen MR) is 109 cm³/mol. The van der Waals surface area contributed by atoms with Crippen molar-refractivity contribution in [2.24, 2.45) is 0 Å². The molecule has 4 rings (SSSR count). The average molecular weight is 377 g/mol. The number of benzene rings is 1. The molecule has 0 amide bonds. The maximum absolute atomic E-state index is 6.06. The summed E-state index contributed by atoms with van der Waals surface area (Å²) < 4.78 is 12.0. The van der Waals surface area contributed by atoms with Crippen molar-refractivity contribution in [3.63, 3.8) is 0 Å². The van der Waals surface area contributed by atoms with Gasteiger partial charge < -0.3 is 9.15 Å². The van der Waals surface area contributed by atoms with Gasteiger partial charge in [0.15, 0.2) is 0 Å². The van der Waals surface area contributed by atoms with Crippen molar-refractivity contribution >= 4 is 0 Å². The Bertz CT molecular complexity index is 899. The van der Waals surface area contributed by atoms with Crippen LogP contribution in [0.5, 0.6) is 0 Å². The summed E-state index contributed by atoms with van der Waals surface area (Å²) in [6.07, 6.45) is 6.06. The number of aryl methyl sites for hydroxylation is 2. The molecule has 3 heterocycles. The van der Waals surface area contributed by atoms with Crippen LogP contribution < -0.4 is 0 Å². The van der Waals surface area contributed by atoms with Crippen LogP contribution in [0.3, 0.4) is 0 Å². The fraction of sp³-hybridized carbons (Fsp3) is 0.391. The summed E-state index contributed by atoms with van der Waals surface area (Å²) >= 11 is 0. The minimum atomic E-state index is 0.317. The Morgan fingerprint density at radius 3 is 2.75 bits per heavy atom. The molecule has 1 aliphatic heterocycles. The van der Waals surface area contributed by atoms with Crippen molar-refractivity contribution in [3.8, 4) is 11.5 Å². The molecule has 1 aliphatic rings. The molecule has 1 saturated heterocycles. The molecule has 0 radical (unpaired) electrons. The fourth-order valence-electron chi connectivity index (χ4n) is 3.62. The molecule has 28 heavy (non-hydrogen) atoms. The smallest absolute Gasteiger partial charge is 0.226 e. The first-order valence-corrected chi connectivity index (χ1v) is 9.93. The Morgan fingerprint density at radius 1 is 1.14 bits per heavy atom. The van der Waals surface area contributed by atoms with Crippen molar-refractivity contribution in [1.29, 1.82) is 0 Å². The summed E-state index contributed by atoms with van der Waals surface area (Å²) in [5, 5.41) is 0. The van der Waals surface area contributed by atoms with E-state index in [2.05, 4.69) is 35.0 Å². The van der Waals surface area contributed by atoms with Gasteiger partial charge in [-0.05, 0) is 50.5 Å². The lowest BCUT2D eigenvalue weighted by Gasteiger charge is -2.31. The van der Waals surface area contributed by atoms with E-state index in [0.717, 1.165) is 55.1 Å². The molecule has 0 N–H and O–H groups in total. The molecule has 1 aromatic carbocycles. The van der Waals surface area contributed by atoms with Crippen molar-refractivity contribution < 1.29 is 9.15 Å². The number of hydrogen-bond donors (Lipinski definition) is 0. The molecule has 5 heteroatoms. The van der Waals surface area contributed by atoms with Crippen LogP contribution in [0.1, 0.15) is 35.4 Å². The molecule has 0 bridgehead atoms. The Kier molecular flexibility index (Phi) is 5.84. The number of aromatic nitrogens is 2. The number of pyridine rings is 1. The van der Waals surface area contributed by atoms with Gasteiger partial charge in [-0.2, -0.15) is 0 Å². The zero-order valence-corrected chi connectivity index (χ0v) is 16.6. The Labute approximate surface area is 166 Å². The maximum Gasteiger partial charge on any atom is 0.226 e. The second-order valence-electron chi connectivity index (χ2n) is 7.54. The van der Waals surface area contributed by atoms with Crippen LogP contribution in [0.4, 0.5) is 0 Å². The van der Waals surface area contributed by atoms with E-state index in [4.69, 9.17) is 14.1 Å². The minimum Gasteiger partial charge on any atom is -0.441 e. The van der Waals surface area contributed by atoms with Crippen LogP contribution >= 0.6 is 0 Å². The first kappa shape index (κ1) is 18.8. The quantitative estimate of drug-likeness (QED) is 0.631. The minimum absolute atomic E-state index is 0.317. The fourth-order valence-corrected chi connectivity index (χ4v) is 3.62. The molecular weight excluding hydrogens is 350 g/mol. The summed E-state index contributed by atoms with van der Waals surface area (Å²) in [4.78, 5) is 11.3. The number of nitrogens with zero attached hydrogens (tertiary/aromatic N) is 3. The van der Waals surface area contributed by atoms with Crippen LogP contribution in [-0.2, 0) is 17.9 Å². The zero-order valence-electron chi connectivity index (χ0n) is 16.6. The highest BCUT2D eigenvalue weighted by Crippen LogP contribution is 2.24. The molecule has 2 aromatic heterocycles. The first-order valence-electron chi connectivity index (χ1n) is 9.93. The monoisotopic (exact) mass is 377 g/mol. The molecule has 0 aliphatic carbocycles. The van der Waals surface area contributed by atoms with Crippen LogP contribution in [0.25, 0.3) is 11.5 Å². The van der Waals surface area contributed by atoms with E-state index >= 15 is 0 Å². The van der Waals surface area contributed by atoms with E-state index in [-0.39, 0.29) is 0 Å². The zero-order chi connectivity index (χ0) is 19.3. The number of hydrogen-bond acceptors (Lipinski definition) is 5. The number of rotatable bonds is 6. The third-order valence-corrected chi connectivity index (χ3v) is 5.27. The van der Waals surface area contributed by atoms with Gasteiger partial charge in [0.25, 0.3) is 0 Å². The van der Waals surface area contributed by atoms with Gasteiger partial charge in [-0.1, -0.05) is 23.8 Å². The summed E-state index contributed by atoms with van der Waals surface area (Å²) in [5.41, 5.74) is 4.41. The lowest BCUT2D eigenvalue weighted by Crippen LogP contribution is -2.36. The van der Waals surface area contributed by atoms with E-state index in [9.17, 15) is 0 Å². The molecule has 0 saturated carbocycles. The summed E-state index contributed by atoms with van der Waals surface area (Å²) in [6, 6.07) is 12.3. The van der Waals surface area contributed by atoms with E-state index in [1.807, 2.05) is 31.3 Å². The maximum atomic E-state index is 6.06. The van der Waals surface area contributed by atoms with Gasteiger partial charge in [-0.15, -0.1) is 0 Å². The van der Waals surface area contributed by atoms with E-state index < -0.39 is 0 Å². The van der Waals surface area contributed by atoms with Crippen LogP contribution in [0.2, 0.25) is 0 Å². The highest BCUT2D eigenvalue weighted by molar-refractivity contribution is 5.54. The summed E-state index contributed by atoms with van der Waals surface area (Å²) in [5.74, 6) is 1.62. The van der Waals surface area contributed by atoms with Gasteiger partial charge in [0.2, 0.25) is 5.89 Å². The second-order valence-corrected chi connectivity index (χ2v) is 7.54. The van der Waals surface area contributed by atoms with Gasteiger partial charge in [0.1, 0.15) is 5.76 Å². The molecule has 0 atom stereocenters. The van der Waals surface area contributed by atoms with Gasteiger partial charge in [0, 0.05) is 37.6 Å². The van der Waals surface area contributed by atoms with Crippen LogP contribution in [0, 0.1) is 13.8 Å². The topological polar surface area (TPSA) is 51.4 Å². The van der Waals surface area contributed by atoms with E-state index in [0.29, 0.717) is 18.6 Å². The molecular formula is C23H27N3O2. The summed E-state index contributed by atoms with van der Waals surface area (Å²) in [6.45, 7) is 7.59. The lowest BCUT2D eigenvalue weighted by atomic mass is 10.1. The Balaban J connectivity index is 1.30. The Morgan fingerprint density at radius 2 is 2.00 bits per heavy atom. The predicted octanol–water partition coefficient (Wildman–Crippen LogP) is 4.53. The SMILES string of the molecule is Cc1cccc(-c2nc(CN3CCC(OCc4cccnc4)CC3)c(C)o2)c1. The van der Waals surface area contributed by atoms with Crippen LogP contribution in [-0.4, -0.2) is 34.1 Å². The first-order chi connectivity index (χ1) is 13.7. The normalized spacial score (nSPS) is 15.8. The van der Waals surface area contributed by atoms with Crippen molar-refractivity contribution in [2.45, 2.75) is 45.9 Å². The average Bonchev–Trinajstić information content (AvgIpc) is 3.09. The number of piperidine rings is 1. The summed E-state index contributed by atoms with van der Waals surface area (Å²) in [7, 11) is 0. The van der Waals surface area contributed by atoms with E-state index in [1.54, 1.807) is 6.20 Å². The van der Waals surface area contributed by atoms with E-state index in [1.165, 1.54) is 5.56 Å². The van der Waals surface area contributed by atoms with Crippen molar-refractivity contribution in [1.82, 2.24) is 14.9 Å².